The van der Waals surface area contributed by atoms with Crippen LogP contribution >= 0.6 is 23.7 Å². The highest BCUT2D eigenvalue weighted by atomic mass is 35.5. The predicted molar refractivity (Wildman–Crippen MR) is 93.1 cm³/mol. The number of primary amides is 1. The first-order valence-electron chi connectivity index (χ1n) is 6.91. The van der Waals surface area contributed by atoms with Crippen LogP contribution in [0.2, 0.25) is 0 Å². The number of nitrogens with zero attached hydrogens (tertiary/aromatic N) is 1. The van der Waals surface area contributed by atoms with Crippen LogP contribution in [0, 0.1) is 0 Å². The van der Waals surface area contributed by atoms with Gasteiger partial charge in [0.05, 0.1) is 5.01 Å². The fraction of sp³-hybridized carbons (Fsp3) is 0.267. The lowest BCUT2D eigenvalue weighted by atomic mass is 10.1. The molecule has 0 fully saturated rings. The van der Waals surface area contributed by atoms with E-state index in [1.807, 2.05) is 6.07 Å². The van der Waals surface area contributed by atoms with E-state index in [9.17, 15) is 9.59 Å². The molecule has 1 aromatic heterocycles. The van der Waals surface area contributed by atoms with E-state index >= 15 is 0 Å². The second-order valence-corrected chi connectivity index (χ2v) is 5.68. The third kappa shape index (κ3) is 5.63. The van der Waals surface area contributed by atoms with Crippen LogP contribution in [0.25, 0.3) is 0 Å². The minimum Gasteiger partial charge on any atom is -0.366 e. The molecule has 124 valence electrons. The fourth-order valence-corrected chi connectivity index (χ4v) is 2.74. The van der Waals surface area contributed by atoms with Crippen LogP contribution in [0.1, 0.15) is 31.4 Å². The van der Waals surface area contributed by atoms with Gasteiger partial charge in [0, 0.05) is 23.9 Å². The van der Waals surface area contributed by atoms with Crippen LogP contribution in [0.5, 0.6) is 0 Å². The Morgan fingerprint density at radius 3 is 2.74 bits per heavy atom. The van der Waals surface area contributed by atoms with Crippen molar-refractivity contribution in [2.75, 3.05) is 13.1 Å². The number of halogens is 1. The molecule has 6 nitrogen and oxygen atoms in total. The minimum atomic E-state index is -0.458. The molecule has 0 saturated carbocycles. The Labute approximate surface area is 144 Å². The standard InChI is InChI=1S/C15H18N4O2S.ClH/c16-6-4-13-19-12(9-22-13)15(21)18-7-5-10-2-1-3-11(8-10)14(17)20;/h1-3,8-9H,4-7,16H2,(H2,17,20)(H,18,21);1H. The summed E-state index contributed by atoms with van der Waals surface area (Å²) in [7, 11) is 0. The van der Waals surface area contributed by atoms with E-state index < -0.39 is 5.91 Å². The number of nitrogens with two attached hydrogens (primary N) is 2. The molecule has 1 aromatic carbocycles. The van der Waals surface area contributed by atoms with Crippen molar-refractivity contribution in [3.05, 3.63) is 51.5 Å². The van der Waals surface area contributed by atoms with Gasteiger partial charge in [0.15, 0.2) is 0 Å². The van der Waals surface area contributed by atoms with Crippen molar-refractivity contribution < 1.29 is 9.59 Å². The maximum Gasteiger partial charge on any atom is 0.270 e. The average Bonchev–Trinajstić information content (AvgIpc) is 2.96. The summed E-state index contributed by atoms with van der Waals surface area (Å²) in [5.74, 6) is -0.661. The van der Waals surface area contributed by atoms with Crippen LogP contribution < -0.4 is 16.8 Å². The van der Waals surface area contributed by atoms with Crippen LogP contribution in [0.4, 0.5) is 0 Å². The van der Waals surface area contributed by atoms with Crippen molar-refractivity contribution in [1.29, 1.82) is 0 Å². The van der Waals surface area contributed by atoms with Gasteiger partial charge >= 0.3 is 0 Å². The number of rotatable bonds is 7. The normalized spacial score (nSPS) is 9.96. The van der Waals surface area contributed by atoms with Crippen molar-refractivity contribution in [3.63, 3.8) is 0 Å². The molecule has 2 rings (SSSR count). The van der Waals surface area contributed by atoms with Crippen LogP contribution in [-0.4, -0.2) is 29.9 Å². The van der Waals surface area contributed by atoms with E-state index in [0.29, 0.717) is 37.2 Å². The van der Waals surface area contributed by atoms with Gasteiger partial charge in [0.25, 0.3) is 5.91 Å². The van der Waals surface area contributed by atoms with E-state index in [1.54, 1.807) is 23.6 Å². The Balaban J connectivity index is 0.00000264. The second-order valence-electron chi connectivity index (χ2n) is 4.74. The van der Waals surface area contributed by atoms with E-state index in [2.05, 4.69) is 10.3 Å². The quantitative estimate of drug-likeness (QED) is 0.692. The first-order valence-corrected chi connectivity index (χ1v) is 7.79. The van der Waals surface area contributed by atoms with Gasteiger partial charge in [0.2, 0.25) is 5.91 Å². The fourth-order valence-electron chi connectivity index (χ4n) is 1.94. The molecule has 0 unspecified atom stereocenters. The average molecular weight is 355 g/mol. The second kappa shape index (κ2) is 9.24. The summed E-state index contributed by atoms with van der Waals surface area (Å²) in [5, 5.41) is 5.40. The zero-order valence-corrected chi connectivity index (χ0v) is 14.1. The maximum atomic E-state index is 12.0. The highest BCUT2D eigenvalue weighted by Gasteiger charge is 2.10. The van der Waals surface area contributed by atoms with Crippen molar-refractivity contribution in [2.24, 2.45) is 11.5 Å². The van der Waals surface area contributed by atoms with Gasteiger partial charge in [0.1, 0.15) is 5.69 Å². The molecule has 8 heteroatoms. The van der Waals surface area contributed by atoms with Crippen LogP contribution in [-0.2, 0) is 12.8 Å². The van der Waals surface area contributed by atoms with E-state index in [1.165, 1.54) is 11.3 Å². The summed E-state index contributed by atoms with van der Waals surface area (Å²) in [6.45, 7) is 0.982. The summed E-state index contributed by atoms with van der Waals surface area (Å²) >= 11 is 1.43. The minimum absolute atomic E-state index is 0. The number of benzene rings is 1. The predicted octanol–water partition coefficient (Wildman–Crippen LogP) is 1.14. The smallest absolute Gasteiger partial charge is 0.270 e. The zero-order valence-electron chi connectivity index (χ0n) is 12.5. The molecule has 1 heterocycles. The van der Waals surface area contributed by atoms with Crippen LogP contribution in [0.3, 0.4) is 0 Å². The lowest BCUT2D eigenvalue weighted by Gasteiger charge is -2.05. The highest BCUT2D eigenvalue weighted by Crippen LogP contribution is 2.10. The summed E-state index contributed by atoms with van der Waals surface area (Å²) in [5.41, 5.74) is 12.5. The molecule has 23 heavy (non-hydrogen) atoms. The first-order chi connectivity index (χ1) is 10.6. The summed E-state index contributed by atoms with van der Waals surface area (Å²) in [4.78, 5) is 27.3. The zero-order chi connectivity index (χ0) is 15.9. The van der Waals surface area contributed by atoms with Gasteiger partial charge in [-0.05, 0) is 30.7 Å². The van der Waals surface area contributed by atoms with E-state index in [0.717, 1.165) is 10.6 Å². The largest absolute Gasteiger partial charge is 0.366 e. The molecule has 0 bridgehead atoms. The van der Waals surface area contributed by atoms with E-state index in [4.69, 9.17) is 11.5 Å². The van der Waals surface area contributed by atoms with Gasteiger partial charge in [-0.2, -0.15) is 0 Å². The monoisotopic (exact) mass is 354 g/mol. The Morgan fingerprint density at radius 1 is 1.26 bits per heavy atom. The maximum absolute atomic E-state index is 12.0. The molecular formula is C15H19ClN4O2S. The Kier molecular flexibility index (Phi) is 7.67. The van der Waals surface area contributed by atoms with Crippen LogP contribution in [0.15, 0.2) is 29.6 Å². The summed E-state index contributed by atoms with van der Waals surface area (Å²) in [6.07, 6.45) is 1.30. The third-order valence-corrected chi connectivity index (χ3v) is 3.96. The molecule has 0 spiro atoms. The number of aromatic nitrogens is 1. The lowest BCUT2D eigenvalue weighted by molar-refractivity contribution is 0.0948. The number of hydrogen-bond donors (Lipinski definition) is 3. The Morgan fingerprint density at radius 2 is 2.04 bits per heavy atom. The van der Waals surface area contributed by atoms with Crippen molar-refractivity contribution in [2.45, 2.75) is 12.8 Å². The summed E-state index contributed by atoms with van der Waals surface area (Å²) < 4.78 is 0. The van der Waals surface area contributed by atoms with Gasteiger partial charge < -0.3 is 16.8 Å². The lowest BCUT2D eigenvalue weighted by Crippen LogP contribution is -2.26. The molecule has 0 aliphatic heterocycles. The van der Waals surface area contributed by atoms with Gasteiger partial charge in [-0.25, -0.2) is 4.98 Å². The highest BCUT2D eigenvalue weighted by molar-refractivity contribution is 7.09. The number of thiazole rings is 1. The molecule has 0 radical (unpaired) electrons. The first kappa shape index (κ1) is 19.1. The van der Waals surface area contributed by atoms with E-state index in [-0.39, 0.29) is 18.3 Å². The van der Waals surface area contributed by atoms with Gasteiger partial charge in [-0.1, -0.05) is 12.1 Å². The number of amides is 2. The molecule has 0 atom stereocenters. The summed E-state index contributed by atoms with van der Waals surface area (Å²) in [6, 6.07) is 7.06. The van der Waals surface area contributed by atoms with Crippen molar-refractivity contribution in [1.82, 2.24) is 10.3 Å². The Hall–Kier alpha value is -1.96. The van der Waals surface area contributed by atoms with Crippen molar-refractivity contribution in [3.8, 4) is 0 Å². The molecule has 0 saturated heterocycles. The number of carbonyl (C=O) groups is 2. The topological polar surface area (TPSA) is 111 Å². The SMILES string of the molecule is Cl.NCCc1nc(C(=O)NCCc2cccc(C(N)=O)c2)cs1. The van der Waals surface area contributed by atoms with Crippen molar-refractivity contribution >= 4 is 35.6 Å². The Bertz CT molecular complexity index is 675. The molecule has 0 aliphatic carbocycles. The number of hydrogen-bond acceptors (Lipinski definition) is 5. The molecular weight excluding hydrogens is 336 g/mol. The third-order valence-electron chi connectivity index (χ3n) is 3.05. The number of carbonyl (C=O) groups excluding carboxylic acids is 2. The van der Waals surface area contributed by atoms with Gasteiger partial charge in [-0.15, -0.1) is 23.7 Å². The molecule has 5 N–H and O–H groups in total. The molecule has 0 aliphatic rings. The molecule has 2 aromatic rings. The molecule has 2 amide bonds. The van der Waals surface area contributed by atoms with Gasteiger partial charge in [-0.3, -0.25) is 9.59 Å². The number of nitrogens with one attached hydrogen (secondary N) is 1.